The third-order valence-electron chi connectivity index (χ3n) is 3.04. The Balaban J connectivity index is 1.97. The standard InChI is InChI=1S/C12H19ClN2OS/c1-2-5-15-6-7-16-9(8-15)12(14)10-3-4-11(13)17-10/h3-4,9,12H,2,5-8,14H2,1H3. The van der Waals surface area contributed by atoms with Crippen molar-refractivity contribution in [2.24, 2.45) is 5.73 Å². The van der Waals surface area contributed by atoms with Gasteiger partial charge in [-0.3, -0.25) is 4.90 Å². The topological polar surface area (TPSA) is 38.5 Å². The zero-order chi connectivity index (χ0) is 12.3. The van der Waals surface area contributed by atoms with Gasteiger partial charge in [0.1, 0.15) is 0 Å². The van der Waals surface area contributed by atoms with Crippen molar-refractivity contribution in [1.29, 1.82) is 0 Å². The van der Waals surface area contributed by atoms with E-state index in [0.29, 0.717) is 0 Å². The molecule has 0 amide bonds. The Hall–Kier alpha value is -0.130. The van der Waals surface area contributed by atoms with E-state index >= 15 is 0 Å². The minimum Gasteiger partial charge on any atom is -0.374 e. The van der Waals surface area contributed by atoms with E-state index in [0.717, 1.165) is 35.5 Å². The molecule has 1 aliphatic heterocycles. The monoisotopic (exact) mass is 274 g/mol. The lowest BCUT2D eigenvalue weighted by molar-refractivity contribution is -0.0402. The molecule has 3 nitrogen and oxygen atoms in total. The van der Waals surface area contributed by atoms with Crippen LogP contribution in [0.15, 0.2) is 12.1 Å². The minimum atomic E-state index is -0.0628. The maximum absolute atomic E-state index is 6.24. The molecule has 17 heavy (non-hydrogen) atoms. The molecular formula is C12H19ClN2OS. The lowest BCUT2D eigenvalue weighted by Gasteiger charge is -2.35. The third-order valence-corrected chi connectivity index (χ3v) is 4.37. The van der Waals surface area contributed by atoms with Crippen LogP contribution in [0, 0.1) is 0 Å². The second-order valence-corrected chi connectivity index (χ2v) is 6.12. The van der Waals surface area contributed by atoms with Crippen LogP contribution in [-0.2, 0) is 4.74 Å². The molecule has 0 aromatic carbocycles. The summed E-state index contributed by atoms with van der Waals surface area (Å²) < 4.78 is 6.57. The van der Waals surface area contributed by atoms with Gasteiger partial charge in [-0.1, -0.05) is 18.5 Å². The highest BCUT2D eigenvalue weighted by atomic mass is 35.5. The maximum Gasteiger partial charge on any atom is 0.0931 e. The molecule has 0 bridgehead atoms. The summed E-state index contributed by atoms with van der Waals surface area (Å²) in [6.07, 6.45) is 1.26. The fraction of sp³-hybridized carbons (Fsp3) is 0.667. The number of nitrogens with zero attached hydrogens (tertiary/aromatic N) is 1. The van der Waals surface area contributed by atoms with Crippen molar-refractivity contribution in [3.63, 3.8) is 0 Å². The second kappa shape index (κ2) is 6.16. The summed E-state index contributed by atoms with van der Waals surface area (Å²) in [6.45, 7) is 6.03. The average Bonchev–Trinajstić information content (AvgIpc) is 2.76. The molecule has 0 radical (unpaired) electrons. The number of ether oxygens (including phenoxy) is 1. The third kappa shape index (κ3) is 3.42. The highest BCUT2D eigenvalue weighted by Crippen LogP contribution is 2.29. The van der Waals surface area contributed by atoms with Gasteiger partial charge in [-0.25, -0.2) is 0 Å². The van der Waals surface area contributed by atoms with Gasteiger partial charge in [0.05, 0.1) is 23.1 Å². The summed E-state index contributed by atoms with van der Waals surface area (Å²) in [5.41, 5.74) is 6.24. The van der Waals surface area contributed by atoms with E-state index in [1.807, 2.05) is 12.1 Å². The van der Waals surface area contributed by atoms with E-state index in [2.05, 4.69) is 11.8 Å². The predicted molar refractivity (Wildman–Crippen MR) is 72.7 cm³/mol. The van der Waals surface area contributed by atoms with Crippen molar-refractivity contribution in [2.45, 2.75) is 25.5 Å². The molecule has 0 aliphatic carbocycles. The summed E-state index contributed by atoms with van der Waals surface area (Å²) in [7, 11) is 0. The molecule has 96 valence electrons. The SMILES string of the molecule is CCCN1CCOC(C(N)c2ccc(Cl)s2)C1. The van der Waals surface area contributed by atoms with E-state index < -0.39 is 0 Å². The molecular weight excluding hydrogens is 256 g/mol. The van der Waals surface area contributed by atoms with Crippen molar-refractivity contribution < 1.29 is 4.74 Å². The van der Waals surface area contributed by atoms with Crippen LogP contribution in [0.25, 0.3) is 0 Å². The van der Waals surface area contributed by atoms with E-state index in [4.69, 9.17) is 22.1 Å². The van der Waals surface area contributed by atoms with Crippen molar-refractivity contribution in [2.75, 3.05) is 26.2 Å². The zero-order valence-corrected chi connectivity index (χ0v) is 11.6. The highest BCUT2D eigenvalue weighted by Gasteiger charge is 2.27. The maximum atomic E-state index is 6.24. The van der Waals surface area contributed by atoms with Crippen LogP contribution in [0.5, 0.6) is 0 Å². The number of morpholine rings is 1. The Bertz CT molecular complexity index is 356. The van der Waals surface area contributed by atoms with Crippen molar-refractivity contribution in [1.82, 2.24) is 4.90 Å². The normalized spacial score (nSPS) is 23.8. The van der Waals surface area contributed by atoms with Gasteiger partial charge in [0.15, 0.2) is 0 Å². The Labute approximate surface area is 112 Å². The van der Waals surface area contributed by atoms with Gasteiger partial charge in [-0.2, -0.15) is 0 Å². The van der Waals surface area contributed by atoms with E-state index in [-0.39, 0.29) is 12.1 Å². The van der Waals surface area contributed by atoms with Crippen LogP contribution in [0.4, 0.5) is 0 Å². The van der Waals surface area contributed by atoms with Gasteiger partial charge in [0.25, 0.3) is 0 Å². The van der Waals surface area contributed by atoms with Crippen LogP contribution in [0.2, 0.25) is 4.34 Å². The van der Waals surface area contributed by atoms with Crippen molar-refractivity contribution >= 4 is 22.9 Å². The van der Waals surface area contributed by atoms with Gasteiger partial charge in [0, 0.05) is 18.0 Å². The summed E-state index contributed by atoms with van der Waals surface area (Å²) >= 11 is 7.48. The van der Waals surface area contributed by atoms with Crippen LogP contribution in [0.3, 0.4) is 0 Å². The molecule has 0 saturated carbocycles. The molecule has 5 heteroatoms. The number of hydrogen-bond acceptors (Lipinski definition) is 4. The first-order chi connectivity index (χ1) is 8.20. The van der Waals surface area contributed by atoms with Crippen molar-refractivity contribution in [3.8, 4) is 0 Å². The summed E-state index contributed by atoms with van der Waals surface area (Å²) in [5.74, 6) is 0. The second-order valence-electron chi connectivity index (χ2n) is 4.38. The van der Waals surface area contributed by atoms with Gasteiger partial charge < -0.3 is 10.5 Å². The Kier molecular flexibility index (Phi) is 4.82. The first kappa shape index (κ1) is 13.3. The average molecular weight is 275 g/mol. The molecule has 2 unspecified atom stereocenters. The summed E-state index contributed by atoms with van der Waals surface area (Å²) in [5, 5.41) is 0. The number of thiophene rings is 1. The van der Waals surface area contributed by atoms with Crippen LogP contribution in [0.1, 0.15) is 24.3 Å². The Morgan fingerprint density at radius 1 is 1.65 bits per heavy atom. The molecule has 1 aromatic heterocycles. The lowest BCUT2D eigenvalue weighted by Crippen LogP contribution is -2.47. The van der Waals surface area contributed by atoms with Crippen LogP contribution >= 0.6 is 22.9 Å². The van der Waals surface area contributed by atoms with Crippen LogP contribution < -0.4 is 5.73 Å². The molecule has 1 fully saturated rings. The number of hydrogen-bond donors (Lipinski definition) is 1. The number of rotatable bonds is 4. The predicted octanol–water partition coefficient (Wildman–Crippen LogP) is 2.51. The quantitative estimate of drug-likeness (QED) is 0.917. The fourth-order valence-corrected chi connectivity index (χ4v) is 3.27. The minimum absolute atomic E-state index is 0.0628. The van der Waals surface area contributed by atoms with Crippen molar-refractivity contribution in [3.05, 3.63) is 21.3 Å². The molecule has 1 aliphatic rings. The molecule has 2 atom stereocenters. The Morgan fingerprint density at radius 2 is 2.47 bits per heavy atom. The zero-order valence-electron chi connectivity index (χ0n) is 10.1. The Morgan fingerprint density at radius 3 is 3.12 bits per heavy atom. The van der Waals surface area contributed by atoms with E-state index in [1.54, 1.807) is 11.3 Å². The van der Waals surface area contributed by atoms with Gasteiger partial charge in [-0.15, -0.1) is 11.3 Å². The molecule has 1 aromatic rings. The number of halogens is 1. The lowest BCUT2D eigenvalue weighted by atomic mass is 10.1. The largest absolute Gasteiger partial charge is 0.374 e. The van der Waals surface area contributed by atoms with Gasteiger partial charge in [0.2, 0.25) is 0 Å². The summed E-state index contributed by atoms with van der Waals surface area (Å²) in [6, 6.07) is 3.83. The fourth-order valence-electron chi connectivity index (χ4n) is 2.16. The van der Waals surface area contributed by atoms with E-state index in [1.165, 1.54) is 6.42 Å². The van der Waals surface area contributed by atoms with Crippen LogP contribution in [-0.4, -0.2) is 37.2 Å². The smallest absolute Gasteiger partial charge is 0.0931 e. The summed E-state index contributed by atoms with van der Waals surface area (Å²) in [4.78, 5) is 3.53. The first-order valence-electron chi connectivity index (χ1n) is 6.05. The highest BCUT2D eigenvalue weighted by molar-refractivity contribution is 7.16. The molecule has 2 rings (SSSR count). The molecule has 2 N–H and O–H groups in total. The number of nitrogens with two attached hydrogens (primary N) is 1. The molecule has 0 spiro atoms. The van der Waals surface area contributed by atoms with E-state index in [9.17, 15) is 0 Å². The van der Waals surface area contributed by atoms with Gasteiger partial charge >= 0.3 is 0 Å². The first-order valence-corrected chi connectivity index (χ1v) is 7.25. The van der Waals surface area contributed by atoms with Gasteiger partial charge in [-0.05, 0) is 25.1 Å². The molecule has 1 saturated heterocycles. The molecule has 2 heterocycles.